The summed E-state index contributed by atoms with van der Waals surface area (Å²) in [5.41, 5.74) is 0. The van der Waals surface area contributed by atoms with Crippen LogP contribution in [-0.4, -0.2) is 149 Å². The van der Waals surface area contributed by atoms with Crippen molar-refractivity contribution in [3.63, 3.8) is 0 Å². The van der Waals surface area contributed by atoms with Crippen molar-refractivity contribution >= 4 is 212 Å². The summed E-state index contributed by atoms with van der Waals surface area (Å²) in [4.78, 5) is 147. The van der Waals surface area contributed by atoms with Crippen LogP contribution in [0.4, 0.5) is 0 Å². The number of aliphatic carboxylic acids is 1. The Morgan fingerprint density at radius 2 is 0.782 bits per heavy atom. The molecule has 2 unspecified atom stereocenters. The number of halogens is 1. The number of ketones is 2. The Hall–Kier alpha value is -8.87. The number of methoxy groups -OCH3 is 2. The summed E-state index contributed by atoms with van der Waals surface area (Å²) >= 11 is 15.1. The molecule has 29 heteroatoms. The van der Waals surface area contributed by atoms with Crippen LogP contribution < -0.4 is 31.9 Å². The smallest absolute Gasteiger partial charge is 0.328 e. The molecule has 6 amide bonds. The molecule has 5 aromatic carbocycles. The van der Waals surface area contributed by atoms with E-state index in [0.29, 0.717) is 61.6 Å². The number of carboxylic acids is 1. The Balaban J connectivity index is 0.000000196. The lowest BCUT2D eigenvalue weighted by Crippen LogP contribution is -2.52. The first kappa shape index (κ1) is 88.3. The van der Waals surface area contributed by atoms with Crippen molar-refractivity contribution in [3.05, 3.63) is 176 Å². The molecule has 1 fully saturated rings. The lowest BCUT2D eigenvalue weighted by molar-refractivity contribution is -0.143. The molecule has 584 valence electrons. The number of benzene rings is 5. The van der Waals surface area contributed by atoms with Crippen LogP contribution in [0.5, 0.6) is 0 Å². The first-order valence-corrected chi connectivity index (χ1v) is 42.2. The van der Waals surface area contributed by atoms with E-state index in [9.17, 15) is 57.5 Å². The zero-order chi connectivity index (χ0) is 80.3. The van der Waals surface area contributed by atoms with Crippen LogP contribution in [-0.2, 0) is 43.0 Å². The Kier molecular flexibility index (Phi) is 35.1. The van der Waals surface area contributed by atoms with Crippen molar-refractivity contribution in [1.82, 2.24) is 31.9 Å². The average Bonchev–Trinajstić information content (AvgIpc) is 1.29. The third kappa shape index (κ3) is 27.6. The second-order valence-electron chi connectivity index (χ2n) is 27.3. The maximum Gasteiger partial charge on any atom is 0.328 e. The molecule has 11 rings (SSSR count). The number of rotatable bonds is 28. The topological polar surface area (TPSA) is 316 Å². The van der Waals surface area contributed by atoms with Gasteiger partial charge < -0.3 is 46.5 Å². The van der Waals surface area contributed by atoms with E-state index in [2.05, 4.69) is 36.6 Å². The summed E-state index contributed by atoms with van der Waals surface area (Å²) < 4.78 is 14.6. The highest BCUT2D eigenvalue weighted by Crippen LogP contribution is 2.31. The van der Waals surface area contributed by atoms with Crippen molar-refractivity contribution in [2.75, 3.05) is 37.2 Å². The number of thiophene rings is 5. The monoisotopic (exact) mass is 1650 g/mol. The summed E-state index contributed by atoms with van der Waals surface area (Å²) in [6.45, 7) is 17.2. The van der Waals surface area contributed by atoms with Crippen LogP contribution in [0.25, 0.3) is 50.4 Å². The number of carbonyl (C=O) groups excluding carboxylic acids is 11. The van der Waals surface area contributed by atoms with Crippen molar-refractivity contribution in [2.24, 2.45) is 23.7 Å². The van der Waals surface area contributed by atoms with E-state index < -0.39 is 60.1 Å². The predicted molar refractivity (Wildman–Crippen MR) is 448 cm³/mol. The van der Waals surface area contributed by atoms with Gasteiger partial charge in [0.25, 0.3) is 28.9 Å². The van der Waals surface area contributed by atoms with Gasteiger partial charge >= 0.3 is 17.9 Å². The van der Waals surface area contributed by atoms with Gasteiger partial charge in [-0.25, -0.2) is 9.59 Å². The number of hydrogen-bond donors (Lipinski definition) is 7. The molecule has 1 aliphatic heterocycles. The molecule has 0 aliphatic carbocycles. The number of fused-ring (bicyclic) bond motifs is 5. The van der Waals surface area contributed by atoms with Gasteiger partial charge in [0.05, 0.1) is 62.2 Å². The fourth-order valence-corrected chi connectivity index (χ4v) is 17.9. The molecule has 6 atom stereocenters. The number of carbonyl (C=O) groups is 12. The predicted octanol–water partition coefficient (Wildman–Crippen LogP) is 15.5. The third-order valence-corrected chi connectivity index (χ3v) is 24.4. The second-order valence-corrected chi connectivity index (χ2v) is 35.1. The highest BCUT2D eigenvalue weighted by molar-refractivity contribution is 8.00. The number of nitrogens with one attached hydrogen (secondary N) is 6. The van der Waals surface area contributed by atoms with Crippen LogP contribution in [0.1, 0.15) is 136 Å². The van der Waals surface area contributed by atoms with Crippen LogP contribution in [0.2, 0.25) is 0 Å². The number of esters is 2. The van der Waals surface area contributed by atoms with Gasteiger partial charge in [-0.3, -0.25) is 47.9 Å². The second kappa shape index (κ2) is 43.7. The van der Waals surface area contributed by atoms with Crippen LogP contribution >= 0.6 is 91.8 Å². The Labute approximate surface area is 672 Å². The van der Waals surface area contributed by atoms with Gasteiger partial charge in [-0.1, -0.05) is 146 Å². The molecule has 110 heavy (non-hydrogen) atoms. The first-order chi connectivity index (χ1) is 52.4. The van der Waals surface area contributed by atoms with Gasteiger partial charge in [0.2, 0.25) is 11.8 Å². The number of ether oxygens (including phenoxy) is 2. The van der Waals surface area contributed by atoms with E-state index in [0.717, 1.165) is 50.4 Å². The van der Waals surface area contributed by atoms with Crippen LogP contribution in [0.3, 0.4) is 0 Å². The highest BCUT2D eigenvalue weighted by atomic mass is 35.5. The lowest BCUT2D eigenvalue weighted by Gasteiger charge is -2.23. The molecule has 10 aromatic rings. The summed E-state index contributed by atoms with van der Waals surface area (Å²) in [5, 5.41) is 30.4. The first-order valence-electron chi connectivity index (χ1n) is 35.4. The molecule has 7 N–H and O–H groups in total. The molecule has 0 saturated carbocycles. The lowest BCUT2D eigenvalue weighted by atomic mass is 10.0. The van der Waals surface area contributed by atoms with Crippen LogP contribution in [0.15, 0.2) is 152 Å². The van der Waals surface area contributed by atoms with E-state index in [1.54, 1.807) is 6.07 Å². The molecule has 21 nitrogen and oxygen atoms in total. The van der Waals surface area contributed by atoms with Gasteiger partial charge in [-0.15, -0.1) is 68.4 Å². The van der Waals surface area contributed by atoms with E-state index in [1.165, 1.54) is 101 Å². The number of carboxylic acid groups (broad SMARTS) is 1. The maximum absolute atomic E-state index is 12.9. The quantitative estimate of drug-likeness (QED) is 0.0177. The highest BCUT2D eigenvalue weighted by Gasteiger charge is 2.32. The Morgan fingerprint density at radius 3 is 1.10 bits per heavy atom. The Morgan fingerprint density at radius 1 is 0.455 bits per heavy atom. The fourth-order valence-electron chi connectivity index (χ4n) is 11.0. The summed E-state index contributed by atoms with van der Waals surface area (Å²) in [6.07, 6.45) is 1.94. The third-order valence-electron chi connectivity index (χ3n) is 16.5. The molecule has 5 aromatic heterocycles. The van der Waals surface area contributed by atoms with Crippen molar-refractivity contribution in [1.29, 1.82) is 0 Å². The number of amides is 6. The number of thioether (sulfide) groups is 2. The average molecular weight is 1650 g/mol. The van der Waals surface area contributed by atoms with Crippen molar-refractivity contribution in [3.8, 4) is 0 Å². The van der Waals surface area contributed by atoms with E-state index in [4.69, 9.17) is 21.4 Å². The zero-order valence-corrected chi connectivity index (χ0v) is 69.2. The zero-order valence-electron chi connectivity index (χ0n) is 62.8. The SMILES string of the molecule is CC(C)C[C@H](NC(=O)c1cc2ccccc2s1)C(=O)NC1CSCC1=O.CC(C)C[C@H](NC(=O)c1cc2ccccc2s1)C(=O)O.COC(=O)CSCC(NC(=O)[C@H](CC(C)C)NC(=O)c1cc2ccccc2s1)C(C)=O.COC(=O)[C@H](CC(C)C)NC(=O)c1cc2ccccc2s1.O=C(Cl)c1cc2ccccc2s1. The Bertz CT molecular complexity index is 4700. The molecule has 0 bridgehead atoms. The molecule has 0 radical (unpaired) electrons. The minimum absolute atomic E-state index is 0.0440. The number of hydrogen-bond acceptors (Lipinski definition) is 21. The van der Waals surface area contributed by atoms with Gasteiger partial charge in [-0.05, 0) is 155 Å². The van der Waals surface area contributed by atoms with Gasteiger partial charge in [-0.2, -0.15) is 11.8 Å². The molecular weight excluding hydrogens is 1560 g/mol. The largest absolute Gasteiger partial charge is 0.480 e. The standard InChI is InChI=1S/C22H28N2O5S2.C19H22N2O3S2.C16H19NO3S.C15H17NO3S.C9H5ClOS/c1-13(2)9-16(21(27)24-17(14(3)25)11-30-12-20(26)29-4)23-22(28)19-10-15-7-5-6-8-18(15)31-19;1-11(2)7-13(18(23)21-14-9-25-10-15(14)22)20-19(24)17-8-12-5-3-4-6-16(12)26-17;1-10(2)8-12(16(19)20-3)17-15(18)14-9-11-6-4-5-7-13(11)21-14;1-9(2)7-11(15(18)19)16-14(17)13-8-10-5-3-4-6-12(10)20-13;10-9(11)8-5-6-3-1-2-4-7(6)12-8/h5-8,10,13,16-17H,9,11-12H2,1-4H3,(H,23,28)(H,24,27);3-6,8,11,13-14H,7,9-10H2,1-2H3,(H,20,24)(H,21,23);4-7,9-10,12H,8H2,1-3H3,(H,17,18);3-6,8-9,11H,7H2,1-2H3,(H,16,17)(H,18,19);1-5H/t16-,17?;13-,14?;12-;11-;/m0000./s1. The van der Waals surface area contributed by atoms with E-state index in [1.807, 2.05) is 201 Å². The number of Topliss-reactive ketones (excluding diaryl/α,β-unsaturated/α-hetero) is 2. The molecule has 6 heterocycles. The molecule has 1 saturated heterocycles. The van der Waals surface area contributed by atoms with E-state index in [-0.39, 0.29) is 81.5 Å². The van der Waals surface area contributed by atoms with Crippen LogP contribution in [0, 0.1) is 23.7 Å². The normalized spacial score (nSPS) is 13.7. The minimum Gasteiger partial charge on any atom is -0.480 e. The fraction of sp³-hybridized carbons (Fsp3) is 0.358. The van der Waals surface area contributed by atoms with Crippen molar-refractivity contribution < 1.29 is 72.1 Å². The van der Waals surface area contributed by atoms with E-state index >= 15 is 0 Å². The van der Waals surface area contributed by atoms with Crippen molar-refractivity contribution in [2.45, 2.75) is 124 Å². The summed E-state index contributed by atoms with van der Waals surface area (Å²) in [6, 6.07) is 43.9. The van der Waals surface area contributed by atoms with Gasteiger partial charge in [0, 0.05) is 35.0 Å². The van der Waals surface area contributed by atoms with Gasteiger partial charge in [0.15, 0.2) is 11.6 Å². The minimum atomic E-state index is -0.992. The van der Waals surface area contributed by atoms with Gasteiger partial charge in [0.1, 0.15) is 24.2 Å². The summed E-state index contributed by atoms with van der Waals surface area (Å²) in [5.74, 6) is -1.52. The molecule has 1 aliphatic rings. The molecular formula is C81H91ClN6O15S7. The molecule has 0 spiro atoms. The summed E-state index contributed by atoms with van der Waals surface area (Å²) in [7, 11) is 2.63. The maximum atomic E-state index is 12.9.